The molecule has 1 heterocycles. The number of hydrogen-bond acceptors (Lipinski definition) is 3. The van der Waals surface area contributed by atoms with Gasteiger partial charge in [0.15, 0.2) is 0 Å². The molecular formula is C8H9N2OP. The average Bonchev–Trinajstić information content (AvgIpc) is 2.03. The lowest BCUT2D eigenvalue weighted by Gasteiger charge is -2.03. The lowest BCUT2D eigenvalue weighted by Crippen LogP contribution is -2.07. The molecule has 3 nitrogen and oxygen atoms in total. The molecule has 0 aliphatic heterocycles. The molecule has 62 valence electrons. The zero-order valence-electron chi connectivity index (χ0n) is 6.98. The van der Waals surface area contributed by atoms with Crippen LogP contribution in [-0.4, -0.2) is 18.3 Å². The zero-order valence-corrected chi connectivity index (χ0v) is 7.88. The van der Waals surface area contributed by atoms with Gasteiger partial charge >= 0.3 is 0 Å². The summed E-state index contributed by atoms with van der Waals surface area (Å²) in [6, 6.07) is 5.22. The second-order valence-electron chi connectivity index (χ2n) is 2.87. The van der Waals surface area contributed by atoms with E-state index >= 15 is 0 Å². The molecule has 0 N–H and O–H groups in total. The topological polar surface area (TPSA) is 53.8 Å². The Morgan fingerprint density at radius 2 is 2.17 bits per heavy atom. The van der Waals surface area contributed by atoms with E-state index in [0.29, 0.717) is 11.0 Å². The van der Waals surface area contributed by atoms with Crippen molar-refractivity contribution in [3.63, 3.8) is 0 Å². The van der Waals surface area contributed by atoms with E-state index in [0.717, 1.165) is 0 Å². The van der Waals surface area contributed by atoms with Gasteiger partial charge in [0, 0.05) is 6.20 Å². The summed E-state index contributed by atoms with van der Waals surface area (Å²) in [4.78, 5) is 3.94. The summed E-state index contributed by atoms with van der Waals surface area (Å²) in [6.45, 7) is 3.31. The van der Waals surface area contributed by atoms with Gasteiger partial charge in [0.2, 0.25) is 0 Å². The van der Waals surface area contributed by atoms with Crippen LogP contribution in [0.1, 0.15) is 5.56 Å². The highest BCUT2D eigenvalue weighted by Gasteiger charge is 2.11. The minimum atomic E-state index is -2.27. The van der Waals surface area contributed by atoms with E-state index < -0.39 is 7.14 Å². The van der Waals surface area contributed by atoms with Crippen LogP contribution in [0.15, 0.2) is 18.3 Å². The third kappa shape index (κ3) is 1.93. The molecule has 0 aliphatic rings. The molecule has 0 spiro atoms. The van der Waals surface area contributed by atoms with Crippen LogP contribution < -0.4 is 5.44 Å². The van der Waals surface area contributed by atoms with Gasteiger partial charge in [-0.2, -0.15) is 5.26 Å². The SMILES string of the molecule is CP(C)(=O)c1ccc(C#N)cn1. The van der Waals surface area contributed by atoms with Gasteiger partial charge in [0.25, 0.3) is 0 Å². The quantitative estimate of drug-likeness (QED) is 0.610. The van der Waals surface area contributed by atoms with Gasteiger partial charge in [-0.15, -0.1) is 0 Å². The summed E-state index contributed by atoms with van der Waals surface area (Å²) in [5, 5.41) is 8.47. The summed E-state index contributed by atoms with van der Waals surface area (Å²) < 4.78 is 11.5. The third-order valence-corrected chi connectivity index (χ3v) is 2.80. The van der Waals surface area contributed by atoms with E-state index in [1.165, 1.54) is 6.20 Å². The summed E-state index contributed by atoms with van der Waals surface area (Å²) in [7, 11) is -2.27. The Hall–Kier alpha value is -1.13. The normalized spacial score (nSPS) is 10.8. The van der Waals surface area contributed by atoms with Gasteiger partial charge in [-0.1, -0.05) is 0 Å². The number of hydrogen-bond donors (Lipinski definition) is 0. The first-order chi connectivity index (χ1) is 5.54. The number of pyridine rings is 1. The third-order valence-electron chi connectivity index (χ3n) is 1.43. The van der Waals surface area contributed by atoms with E-state index in [-0.39, 0.29) is 0 Å². The van der Waals surface area contributed by atoms with Crippen molar-refractivity contribution in [1.29, 1.82) is 5.26 Å². The van der Waals surface area contributed by atoms with Crippen molar-refractivity contribution < 1.29 is 4.57 Å². The Balaban J connectivity index is 3.11. The Morgan fingerprint density at radius 1 is 1.50 bits per heavy atom. The molecule has 1 rings (SSSR count). The fraction of sp³-hybridized carbons (Fsp3) is 0.250. The Morgan fingerprint density at radius 3 is 2.50 bits per heavy atom. The van der Waals surface area contributed by atoms with Crippen molar-refractivity contribution in [2.45, 2.75) is 0 Å². The molecular weight excluding hydrogens is 171 g/mol. The number of aromatic nitrogens is 1. The molecule has 0 amide bonds. The van der Waals surface area contributed by atoms with Crippen LogP contribution in [-0.2, 0) is 4.57 Å². The van der Waals surface area contributed by atoms with Crippen LogP contribution in [0.5, 0.6) is 0 Å². The minimum absolute atomic E-state index is 0.493. The van der Waals surface area contributed by atoms with Crippen molar-refractivity contribution in [3.05, 3.63) is 23.9 Å². The molecule has 12 heavy (non-hydrogen) atoms. The van der Waals surface area contributed by atoms with Crippen molar-refractivity contribution in [2.75, 3.05) is 13.3 Å². The Bertz CT molecular complexity index is 358. The van der Waals surface area contributed by atoms with E-state index in [2.05, 4.69) is 4.98 Å². The maximum atomic E-state index is 11.5. The molecule has 4 heteroatoms. The molecule has 0 atom stereocenters. The Labute approximate surface area is 71.4 Å². The predicted octanol–water partition coefficient (Wildman–Crippen LogP) is 1.20. The molecule has 0 aromatic carbocycles. The molecule has 0 fully saturated rings. The molecule has 0 aliphatic carbocycles. The highest BCUT2D eigenvalue weighted by Crippen LogP contribution is 2.32. The van der Waals surface area contributed by atoms with Crippen LogP contribution in [0.3, 0.4) is 0 Å². The summed E-state index contributed by atoms with van der Waals surface area (Å²) in [5.74, 6) is 0. The first-order valence-electron chi connectivity index (χ1n) is 3.46. The minimum Gasteiger partial charge on any atom is -0.318 e. The van der Waals surface area contributed by atoms with Crippen molar-refractivity contribution in [3.8, 4) is 6.07 Å². The first kappa shape index (κ1) is 8.96. The molecule has 0 radical (unpaired) electrons. The Kier molecular flexibility index (Phi) is 2.30. The lowest BCUT2D eigenvalue weighted by atomic mass is 10.3. The second-order valence-corrected chi connectivity index (χ2v) is 6.03. The monoisotopic (exact) mass is 180 g/mol. The van der Waals surface area contributed by atoms with Gasteiger partial charge < -0.3 is 4.57 Å². The largest absolute Gasteiger partial charge is 0.318 e. The van der Waals surface area contributed by atoms with E-state index in [1.807, 2.05) is 6.07 Å². The van der Waals surface area contributed by atoms with Crippen molar-refractivity contribution >= 4 is 12.6 Å². The van der Waals surface area contributed by atoms with Gasteiger partial charge in [0.05, 0.1) is 11.0 Å². The number of nitrogens with zero attached hydrogens (tertiary/aromatic N) is 2. The molecule has 1 aromatic rings. The molecule has 0 bridgehead atoms. The van der Waals surface area contributed by atoms with Crippen LogP contribution in [0.25, 0.3) is 0 Å². The zero-order chi connectivity index (χ0) is 9.19. The van der Waals surface area contributed by atoms with Crippen molar-refractivity contribution in [1.82, 2.24) is 4.98 Å². The highest BCUT2D eigenvalue weighted by molar-refractivity contribution is 7.69. The summed E-state index contributed by atoms with van der Waals surface area (Å²) >= 11 is 0. The smallest absolute Gasteiger partial charge is 0.127 e. The standard InChI is InChI=1S/C8H9N2OP/c1-12(2,11)8-4-3-7(5-9)6-10-8/h3-4,6H,1-2H3. The van der Waals surface area contributed by atoms with Gasteiger partial charge in [0.1, 0.15) is 13.2 Å². The maximum Gasteiger partial charge on any atom is 0.127 e. The molecule has 0 unspecified atom stereocenters. The second kappa shape index (κ2) is 3.08. The summed E-state index contributed by atoms with van der Waals surface area (Å²) in [5.41, 5.74) is 1.06. The predicted molar refractivity (Wildman–Crippen MR) is 48.0 cm³/mol. The van der Waals surface area contributed by atoms with Gasteiger partial charge in [-0.05, 0) is 25.5 Å². The van der Waals surface area contributed by atoms with E-state index in [4.69, 9.17) is 5.26 Å². The van der Waals surface area contributed by atoms with Crippen LogP contribution in [0.2, 0.25) is 0 Å². The molecule has 1 aromatic heterocycles. The fourth-order valence-corrected chi connectivity index (χ4v) is 1.54. The average molecular weight is 180 g/mol. The number of rotatable bonds is 1. The van der Waals surface area contributed by atoms with E-state index in [1.54, 1.807) is 25.5 Å². The van der Waals surface area contributed by atoms with E-state index in [9.17, 15) is 4.57 Å². The first-order valence-corrected chi connectivity index (χ1v) is 6.06. The van der Waals surface area contributed by atoms with Gasteiger partial charge in [-0.3, -0.25) is 4.98 Å². The fourth-order valence-electron chi connectivity index (χ4n) is 0.771. The maximum absolute atomic E-state index is 11.5. The molecule has 0 saturated heterocycles. The number of nitriles is 1. The summed E-state index contributed by atoms with van der Waals surface area (Å²) in [6.07, 6.45) is 1.44. The van der Waals surface area contributed by atoms with Crippen LogP contribution >= 0.6 is 7.14 Å². The van der Waals surface area contributed by atoms with Crippen LogP contribution in [0, 0.1) is 11.3 Å². The van der Waals surface area contributed by atoms with Gasteiger partial charge in [-0.25, -0.2) is 0 Å². The molecule has 0 saturated carbocycles. The van der Waals surface area contributed by atoms with Crippen LogP contribution in [0.4, 0.5) is 0 Å². The lowest BCUT2D eigenvalue weighted by molar-refractivity contribution is 0.588. The highest BCUT2D eigenvalue weighted by atomic mass is 31.2. The van der Waals surface area contributed by atoms with Crippen molar-refractivity contribution in [2.24, 2.45) is 0 Å².